The molecule has 3 heterocycles. The second kappa shape index (κ2) is 7.32. The van der Waals surface area contributed by atoms with Gasteiger partial charge in [0.25, 0.3) is 5.56 Å². The predicted molar refractivity (Wildman–Crippen MR) is 118 cm³/mol. The van der Waals surface area contributed by atoms with Crippen LogP contribution in [-0.2, 0) is 4.79 Å². The smallest absolute Gasteiger partial charge is 0.266 e. The maximum atomic E-state index is 12.4. The third-order valence-electron chi connectivity index (χ3n) is 5.05. The molecule has 0 unspecified atom stereocenters. The number of ether oxygens (including phenoxy) is 2. The molecule has 4 rings (SSSR count). The van der Waals surface area contributed by atoms with E-state index in [1.165, 1.54) is 17.4 Å². The number of aromatic nitrogens is 2. The number of aromatic amines is 1. The van der Waals surface area contributed by atoms with Crippen molar-refractivity contribution in [3.63, 3.8) is 0 Å². The third-order valence-corrected chi connectivity index (χ3v) is 6.02. The summed E-state index contributed by atoms with van der Waals surface area (Å²) in [5, 5.41) is 0. The summed E-state index contributed by atoms with van der Waals surface area (Å²) >= 11 is 1.29. The second-order valence-electron chi connectivity index (χ2n) is 8.39. The molecule has 0 saturated heterocycles. The summed E-state index contributed by atoms with van der Waals surface area (Å²) in [6.07, 6.45) is 3.38. The van der Waals surface area contributed by atoms with Crippen LogP contribution in [0.4, 0.5) is 0 Å². The lowest BCUT2D eigenvalue weighted by molar-refractivity contribution is -0.119. The van der Waals surface area contributed by atoms with E-state index in [2.05, 4.69) is 9.55 Å². The van der Waals surface area contributed by atoms with Crippen LogP contribution < -0.4 is 24.2 Å². The molecule has 1 aliphatic heterocycles. The minimum absolute atomic E-state index is 0.0208. The molecule has 0 atom stereocenters. The minimum atomic E-state index is -0.486. The molecular formula is C23H24N2O4S. The van der Waals surface area contributed by atoms with Crippen molar-refractivity contribution >= 4 is 29.3 Å². The molecule has 3 aromatic rings. The second-order valence-corrected chi connectivity index (χ2v) is 9.47. The number of hydrogen-bond donors (Lipinski definition) is 1. The van der Waals surface area contributed by atoms with Crippen LogP contribution in [0, 0.1) is 19.3 Å². The summed E-state index contributed by atoms with van der Waals surface area (Å²) in [5.41, 5.74) is 3.29. The monoisotopic (exact) mass is 424 g/mol. The first kappa shape index (κ1) is 20.2. The van der Waals surface area contributed by atoms with Gasteiger partial charge in [-0.3, -0.25) is 9.59 Å². The number of fused-ring (bicyclic) bond motifs is 1. The van der Waals surface area contributed by atoms with E-state index in [9.17, 15) is 9.59 Å². The Balaban J connectivity index is 1.76. The highest BCUT2D eigenvalue weighted by atomic mass is 32.1. The van der Waals surface area contributed by atoms with Crippen molar-refractivity contribution in [3.8, 4) is 17.2 Å². The SMILES string of the molecule is Cc1cc(/C=c2\s/c(=C\C(=O)C(C)(C)C)[nH]c2=O)c(C)n1-c1ccc2c(c1)OCO2. The average Bonchev–Trinajstić information content (AvgIpc) is 3.33. The number of ketones is 1. The van der Waals surface area contributed by atoms with Gasteiger partial charge in [-0.15, -0.1) is 11.3 Å². The van der Waals surface area contributed by atoms with Crippen molar-refractivity contribution in [2.24, 2.45) is 5.41 Å². The Morgan fingerprint density at radius 3 is 2.63 bits per heavy atom. The molecule has 156 valence electrons. The van der Waals surface area contributed by atoms with E-state index in [4.69, 9.17) is 9.47 Å². The molecule has 30 heavy (non-hydrogen) atoms. The van der Waals surface area contributed by atoms with Crippen LogP contribution in [0.25, 0.3) is 17.8 Å². The van der Waals surface area contributed by atoms with E-state index in [0.717, 1.165) is 34.1 Å². The predicted octanol–water partition coefficient (Wildman–Crippen LogP) is 2.80. The summed E-state index contributed by atoms with van der Waals surface area (Å²) in [4.78, 5) is 27.5. The number of carbonyl (C=O) groups excluding carboxylic acids is 1. The van der Waals surface area contributed by atoms with Gasteiger partial charge in [-0.2, -0.15) is 0 Å². The number of benzene rings is 1. The molecule has 1 aromatic carbocycles. The summed E-state index contributed by atoms with van der Waals surface area (Å²) in [6, 6.07) is 7.89. The van der Waals surface area contributed by atoms with Gasteiger partial charge in [-0.25, -0.2) is 0 Å². The number of nitrogens with zero attached hydrogens (tertiary/aromatic N) is 1. The van der Waals surface area contributed by atoms with E-state index < -0.39 is 5.41 Å². The first-order valence-corrected chi connectivity index (χ1v) is 10.5. The van der Waals surface area contributed by atoms with E-state index >= 15 is 0 Å². The minimum Gasteiger partial charge on any atom is -0.454 e. The van der Waals surface area contributed by atoms with Gasteiger partial charge in [0.05, 0.1) is 9.20 Å². The zero-order chi connectivity index (χ0) is 21.6. The summed E-state index contributed by atoms with van der Waals surface area (Å²) < 4.78 is 14.1. The van der Waals surface area contributed by atoms with Gasteiger partial charge >= 0.3 is 0 Å². The average molecular weight is 425 g/mol. The topological polar surface area (TPSA) is 73.3 Å². The Morgan fingerprint density at radius 1 is 1.17 bits per heavy atom. The van der Waals surface area contributed by atoms with Crippen LogP contribution in [0.3, 0.4) is 0 Å². The lowest BCUT2D eigenvalue weighted by Gasteiger charge is -2.12. The summed E-state index contributed by atoms with van der Waals surface area (Å²) in [6.45, 7) is 9.84. The van der Waals surface area contributed by atoms with Gasteiger partial charge in [0.1, 0.15) is 0 Å². The highest BCUT2D eigenvalue weighted by Gasteiger charge is 2.19. The fourth-order valence-corrected chi connectivity index (χ4v) is 4.23. The molecule has 2 aromatic heterocycles. The van der Waals surface area contributed by atoms with Crippen molar-refractivity contribution in [3.05, 3.63) is 60.8 Å². The first-order valence-electron chi connectivity index (χ1n) is 9.69. The summed E-state index contributed by atoms with van der Waals surface area (Å²) in [7, 11) is 0. The van der Waals surface area contributed by atoms with Gasteiger partial charge < -0.3 is 19.0 Å². The van der Waals surface area contributed by atoms with Crippen LogP contribution in [0.15, 0.2) is 29.1 Å². The molecule has 0 bridgehead atoms. The number of H-pyrrole nitrogens is 1. The molecule has 0 amide bonds. The van der Waals surface area contributed by atoms with Crippen molar-refractivity contribution in [2.45, 2.75) is 34.6 Å². The largest absolute Gasteiger partial charge is 0.454 e. The lowest BCUT2D eigenvalue weighted by Crippen LogP contribution is -2.22. The Hall–Kier alpha value is -3.06. The molecule has 0 fully saturated rings. The van der Waals surface area contributed by atoms with Gasteiger partial charge in [0.15, 0.2) is 17.3 Å². The number of nitrogens with one attached hydrogen (secondary N) is 1. The van der Waals surface area contributed by atoms with Gasteiger partial charge in [0.2, 0.25) is 6.79 Å². The maximum Gasteiger partial charge on any atom is 0.266 e. The van der Waals surface area contributed by atoms with Crippen molar-refractivity contribution in [2.75, 3.05) is 6.79 Å². The maximum absolute atomic E-state index is 12.4. The van der Waals surface area contributed by atoms with Gasteiger partial charge in [0, 0.05) is 34.6 Å². The molecular weight excluding hydrogens is 400 g/mol. The number of rotatable bonds is 3. The van der Waals surface area contributed by atoms with Gasteiger partial charge in [-0.05, 0) is 43.7 Å². The number of carbonyl (C=O) groups is 1. The standard InChI is InChI=1S/C23H24N2O4S/c1-13-8-15(9-19-22(27)24-21(30-19)11-20(26)23(3,4)5)14(2)25(13)16-6-7-17-18(10-16)29-12-28-17/h6-11H,12H2,1-5H3,(H,24,27)/b19-9-,21-11-. The highest BCUT2D eigenvalue weighted by Crippen LogP contribution is 2.34. The number of hydrogen-bond acceptors (Lipinski definition) is 5. The van der Waals surface area contributed by atoms with Crippen LogP contribution >= 0.6 is 11.3 Å². The van der Waals surface area contributed by atoms with Crippen LogP contribution in [0.1, 0.15) is 37.7 Å². The molecule has 0 radical (unpaired) electrons. The Morgan fingerprint density at radius 2 is 1.90 bits per heavy atom. The number of aryl methyl sites for hydroxylation is 1. The first-order chi connectivity index (χ1) is 14.1. The normalized spacial score (nSPS) is 14.6. The quantitative estimate of drug-likeness (QED) is 0.702. The van der Waals surface area contributed by atoms with Crippen molar-refractivity contribution < 1.29 is 14.3 Å². The zero-order valence-electron chi connectivity index (χ0n) is 17.7. The lowest BCUT2D eigenvalue weighted by atomic mass is 9.91. The molecule has 0 spiro atoms. The summed E-state index contributed by atoms with van der Waals surface area (Å²) in [5.74, 6) is 1.45. The van der Waals surface area contributed by atoms with E-state index in [1.54, 1.807) is 0 Å². The zero-order valence-corrected chi connectivity index (χ0v) is 18.5. The van der Waals surface area contributed by atoms with E-state index in [-0.39, 0.29) is 18.1 Å². The molecule has 1 aliphatic rings. The van der Waals surface area contributed by atoms with E-state index in [0.29, 0.717) is 9.20 Å². The van der Waals surface area contributed by atoms with Crippen LogP contribution in [0.5, 0.6) is 11.5 Å². The Kier molecular flexibility index (Phi) is 4.94. The van der Waals surface area contributed by atoms with Gasteiger partial charge in [-0.1, -0.05) is 20.8 Å². The Labute approximate surface area is 178 Å². The van der Waals surface area contributed by atoms with Crippen molar-refractivity contribution in [1.82, 2.24) is 9.55 Å². The molecule has 7 heteroatoms. The van der Waals surface area contributed by atoms with E-state index in [1.807, 2.05) is 65.0 Å². The fraction of sp³-hybridized carbons (Fsp3) is 0.304. The van der Waals surface area contributed by atoms with Crippen molar-refractivity contribution in [1.29, 1.82) is 0 Å². The fourth-order valence-electron chi connectivity index (χ4n) is 3.36. The highest BCUT2D eigenvalue weighted by molar-refractivity contribution is 7.07. The molecule has 1 N–H and O–H groups in total. The van der Waals surface area contributed by atoms with Crippen LogP contribution in [0.2, 0.25) is 0 Å². The number of thiazole rings is 1. The van der Waals surface area contributed by atoms with Crippen LogP contribution in [-0.4, -0.2) is 22.1 Å². The Bertz CT molecular complexity index is 1320. The molecule has 0 saturated carbocycles. The third kappa shape index (κ3) is 3.73. The molecule has 0 aliphatic carbocycles. The number of Topliss-reactive ketones (excluding diaryl/α,β-unsaturated/α-hetero) is 1. The molecule has 6 nitrogen and oxygen atoms in total.